The lowest BCUT2D eigenvalue weighted by Gasteiger charge is -2.23. The molecule has 0 bridgehead atoms. The molecule has 3 nitrogen and oxygen atoms in total. The summed E-state index contributed by atoms with van der Waals surface area (Å²) in [5, 5.41) is 0. The van der Waals surface area contributed by atoms with Crippen molar-refractivity contribution >= 4 is 0 Å². The van der Waals surface area contributed by atoms with Crippen molar-refractivity contribution in [3.8, 4) is 5.75 Å². The summed E-state index contributed by atoms with van der Waals surface area (Å²) >= 11 is 0. The zero-order valence-corrected chi connectivity index (χ0v) is 11.6. The normalized spacial score (nSPS) is 24.4. The maximum Gasteiger partial charge on any atom is 0.165 e. The molecule has 1 fully saturated rings. The van der Waals surface area contributed by atoms with E-state index in [-0.39, 0.29) is 23.7 Å². The van der Waals surface area contributed by atoms with Crippen molar-refractivity contribution in [2.45, 2.75) is 38.3 Å². The summed E-state index contributed by atoms with van der Waals surface area (Å²) in [6.07, 6.45) is 2.90. The van der Waals surface area contributed by atoms with Gasteiger partial charge >= 0.3 is 0 Å². The number of halogens is 1. The van der Waals surface area contributed by atoms with Crippen LogP contribution in [0.5, 0.6) is 5.75 Å². The zero-order chi connectivity index (χ0) is 13.8. The molecule has 0 radical (unpaired) electrons. The minimum absolute atomic E-state index is 0.0141. The number of nitrogens with two attached hydrogens (primary N) is 1. The van der Waals surface area contributed by atoms with Gasteiger partial charge in [-0.25, -0.2) is 4.39 Å². The highest BCUT2D eigenvalue weighted by Gasteiger charge is 2.31. The van der Waals surface area contributed by atoms with Crippen molar-refractivity contribution in [3.63, 3.8) is 0 Å². The number of methoxy groups -OCH3 is 1. The van der Waals surface area contributed by atoms with E-state index in [0.29, 0.717) is 12.3 Å². The Balaban J connectivity index is 2.02. The fourth-order valence-electron chi connectivity index (χ4n) is 2.84. The molecule has 2 N–H and O–H groups in total. The molecule has 3 atom stereocenters. The average molecular weight is 267 g/mol. The van der Waals surface area contributed by atoms with E-state index in [9.17, 15) is 4.39 Å². The summed E-state index contributed by atoms with van der Waals surface area (Å²) in [6.45, 7) is 2.90. The molecule has 1 aliphatic rings. The van der Waals surface area contributed by atoms with Gasteiger partial charge in [0.1, 0.15) is 0 Å². The van der Waals surface area contributed by atoms with Gasteiger partial charge in [-0.2, -0.15) is 0 Å². The monoisotopic (exact) mass is 267 g/mol. The van der Waals surface area contributed by atoms with Gasteiger partial charge in [0.25, 0.3) is 0 Å². The van der Waals surface area contributed by atoms with Crippen LogP contribution in [0.3, 0.4) is 0 Å². The first kappa shape index (κ1) is 14.3. The van der Waals surface area contributed by atoms with Crippen LogP contribution >= 0.6 is 0 Å². The maximum atomic E-state index is 13.6. The summed E-state index contributed by atoms with van der Waals surface area (Å²) in [5.41, 5.74) is 7.17. The van der Waals surface area contributed by atoms with Gasteiger partial charge in [0.15, 0.2) is 11.6 Å². The Hall–Kier alpha value is -1.13. The lowest BCUT2D eigenvalue weighted by Crippen LogP contribution is -2.36. The number of rotatable bonds is 5. The Bertz CT molecular complexity index is 425. The molecule has 0 aliphatic carbocycles. The Morgan fingerprint density at radius 2 is 2.32 bits per heavy atom. The summed E-state index contributed by atoms with van der Waals surface area (Å²) in [5.74, 6) is 0.310. The van der Waals surface area contributed by atoms with Gasteiger partial charge in [0, 0.05) is 18.6 Å². The molecule has 1 saturated heterocycles. The van der Waals surface area contributed by atoms with Crippen molar-refractivity contribution in [2.24, 2.45) is 11.7 Å². The van der Waals surface area contributed by atoms with E-state index in [4.69, 9.17) is 15.2 Å². The van der Waals surface area contributed by atoms with Crippen LogP contribution in [-0.4, -0.2) is 25.9 Å². The lowest BCUT2D eigenvalue weighted by molar-refractivity contribution is 0.0814. The Morgan fingerprint density at radius 1 is 1.53 bits per heavy atom. The zero-order valence-electron chi connectivity index (χ0n) is 11.6. The first-order valence-electron chi connectivity index (χ1n) is 6.85. The summed E-state index contributed by atoms with van der Waals surface area (Å²) in [6, 6.07) is 5.05. The van der Waals surface area contributed by atoms with E-state index in [1.165, 1.54) is 13.2 Å². The molecule has 19 heavy (non-hydrogen) atoms. The smallest absolute Gasteiger partial charge is 0.165 e. The van der Waals surface area contributed by atoms with Gasteiger partial charge in [0.05, 0.1) is 13.2 Å². The SMILES string of the molecule is CCC1OCCC1C(N)Cc1ccc(OC)c(F)c1. The molecule has 1 aliphatic heterocycles. The third-order valence-electron chi connectivity index (χ3n) is 3.90. The second kappa shape index (κ2) is 6.35. The highest BCUT2D eigenvalue weighted by molar-refractivity contribution is 5.29. The predicted octanol–water partition coefficient (Wildman–Crippen LogP) is 2.52. The minimum atomic E-state index is -0.332. The van der Waals surface area contributed by atoms with E-state index in [2.05, 4.69) is 6.92 Å². The van der Waals surface area contributed by atoms with Crippen LogP contribution in [0, 0.1) is 11.7 Å². The quantitative estimate of drug-likeness (QED) is 0.891. The van der Waals surface area contributed by atoms with Crippen LogP contribution in [0.15, 0.2) is 18.2 Å². The van der Waals surface area contributed by atoms with E-state index in [0.717, 1.165) is 25.0 Å². The second-order valence-electron chi connectivity index (χ2n) is 5.11. The van der Waals surface area contributed by atoms with Gasteiger partial charge in [-0.05, 0) is 37.0 Å². The van der Waals surface area contributed by atoms with Gasteiger partial charge < -0.3 is 15.2 Å². The van der Waals surface area contributed by atoms with Gasteiger partial charge in [0.2, 0.25) is 0 Å². The molecule has 106 valence electrons. The molecule has 2 rings (SSSR count). The minimum Gasteiger partial charge on any atom is -0.494 e. The summed E-state index contributed by atoms with van der Waals surface area (Å²) in [7, 11) is 1.46. The van der Waals surface area contributed by atoms with Crippen LogP contribution in [0.1, 0.15) is 25.3 Å². The molecular weight excluding hydrogens is 245 g/mol. The third kappa shape index (κ3) is 3.25. The Labute approximate surface area is 113 Å². The molecule has 0 spiro atoms. The average Bonchev–Trinajstić information content (AvgIpc) is 2.87. The molecule has 1 heterocycles. The van der Waals surface area contributed by atoms with E-state index < -0.39 is 0 Å². The number of ether oxygens (including phenoxy) is 2. The lowest BCUT2D eigenvalue weighted by atomic mass is 9.88. The van der Waals surface area contributed by atoms with E-state index in [1.54, 1.807) is 6.07 Å². The first-order chi connectivity index (χ1) is 9.15. The number of hydrogen-bond acceptors (Lipinski definition) is 3. The van der Waals surface area contributed by atoms with Crippen molar-refractivity contribution in [1.82, 2.24) is 0 Å². The third-order valence-corrected chi connectivity index (χ3v) is 3.90. The standard InChI is InChI=1S/C15H22FNO2/c1-3-14-11(6-7-19-14)13(17)9-10-4-5-15(18-2)12(16)8-10/h4-5,8,11,13-14H,3,6-7,9,17H2,1-2H3. The van der Waals surface area contributed by atoms with E-state index >= 15 is 0 Å². The number of hydrogen-bond donors (Lipinski definition) is 1. The van der Waals surface area contributed by atoms with Gasteiger partial charge in [-0.1, -0.05) is 13.0 Å². The van der Waals surface area contributed by atoms with Crippen LogP contribution in [-0.2, 0) is 11.2 Å². The molecule has 1 aromatic rings. The van der Waals surface area contributed by atoms with Crippen LogP contribution in [0.25, 0.3) is 0 Å². The highest BCUT2D eigenvalue weighted by atomic mass is 19.1. The first-order valence-corrected chi connectivity index (χ1v) is 6.85. The molecular formula is C15H22FNO2. The summed E-state index contributed by atoms with van der Waals surface area (Å²) in [4.78, 5) is 0. The predicted molar refractivity (Wildman–Crippen MR) is 72.8 cm³/mol. The largest absolute Gasteiger partial charge is 0.494 e. The van der Waals surface area contributed by atoms with Crippen molar-refractivity contribution in [1.29, 1.82) is 0 Å². The Morgan fingerprint density at radius 3 is 2.95 bits per heavy atom. The molecule has 4 heteroatoms. The van der Waals surface area contributed by atoms with Crippen molar-refractivity contribution in [2.75, 3.05) is 13.7 Å². The van der Waals surface area contributed by atoms with Crippen molar-refractivity contribution < 1.29 is 13.9 Å². The number of benzene rings is 1. The van der Waals surface area contributed by atoms with Crippen molar-refractivity contribution in [3.05, 3.63) is 29.6 Å². The fraction of sp³-hybridized carbons (Fsp3) is 0.600. The Kier molecular flexibility index (Phi) is 4.77. The molecule has 1 aromatic carbocycles. The van der Waals surface area contributed by atoms with Crippen LogP contribution in [0.2, 0.25) is 0 Å². The molecule has 0 aromatic heterocycles. The molecule has 3 unspecified atom stereocenters. The molecule has 0 amide bonds. The van der Waals surface area contributed by atoms with Crippen LogP contribution < -0.4 is 10.5 Å². The maximum absolute atomic E-state index is 13.6. The van der Waals surface area contributed by atoms with Gasteiger partial charge in [-0.3, -0.25) is 0 Å². The molecule has 0 saturated carbocycles. The summed E-state index contributed by atoms with van der Waals surface area (Å²) < 4.78 is 24.2. The second-order valence-corrected chi connectivity index (χ2v) is 5.11. The topological polar surface area (TPSA) is 44.5 Å². The van der Waals surface area contributed by atoms with Gasteiger partial charge in [-0.15, -0.1) is 0 Å². The van der Waals surface area contributed by atoms with E-state index in [1.807, 2.05) is 6.07 Å². The fourth-order valence-corrected chi connectivity index (χ4v) is 2.84. The van der Waals surface area contributed by atoms with Crippen LogP contribution in [0.4, 0.5) is 4.39 Å². The highest BCUT2D eigenvalue weighted by Crippen LogP contribution is 2.28.